The van der Waals surface area contributed by atoms with Gasteiger partial charge in [-0.15, -0.1) is 0 Å². The van der Waals surface area contributed by atoms with E-state index in [9.17, 15) is 0 Å². The zero-order chi connectivity index (χ0) is 17.8. The van der Waals surface area contributed by atoms with Crippen LogP contribution in [0.1, 0.15) is 31.7 Å². The second-order valence-corrected chi connectivity index (χ2v) is 7.61. The minimum atomic E-state index is 0.448. The van der Waals surface area contributed by atoms with Crippen molar-refractivity contribution in [2.75, 3.05) is 38.6 Å². The molecule has 1 aliphatic heterocycles. The van der Waals surface area contributed by atoms with E-state index in [-0.39, 0.29) is 0 Å². The van der Waals surface area contributed by atoms with Gasteiger partial charge in [-0.05, 0) is 52.3 Å². The number of likely N-dealkylation sites (N-methyl/N-ethyl adjacent to an activating group) is 1. The maximum Gasteiger partial charge on any atom is 0.191 e. The van der Waals surface area contributed by atoms with Gasteiger partial charge in [-0.2, -0.15) is 0 Å². The molecule has 0 radical (unpaired) electrons. The summed E-state index contributed by atoms with van der Waals surface area (Å²) in [4.78, 5) is 9.34. The third-order valence-corrected chi connectivity index (χ3v) is 5.53. The monoisotopic (exact) mass is 343 g/mol. The van der Waals surface area contributed by atoms with Crippen LogP contribution in [0.5, 0.6) is 0 Å². The lowest BCUT2D eigenvalue weighted by molar-refractivity contribution is 0.247. The number of aliphatic imine (C=N–C) groups is 1. The van der Waals surface area contributed by atoms with Crippen molar-refractivity contribution in [1.82, 2.24) is 15.5 Å². The molecule has 2 aliphatic rings. The van der Waals surface area contributed by atoms with E-state index in [2.05, 4.69) is 70.6 Å². The van der Waals surface area contributed by atoms with Crippen LogP contribution in [-0.2, 0) is 0 Å². The van der Waals surface area contributed by atoms with E-state index in [1.54, 1.807) is 0 Å². The van der Waals surface area contributed by atoms with Crippen LogP contribution in [0.25, 0.3) is 0 Å². The van der Waals surface area contributed by atoms with Gasteiger partial charge in [0, 0.05) is 50.5 Å². The quantitative estimate of drug-likeness (QED) is 0.614. The zero-order valence-corrected chi connectivity index (χ0v) is 16.1. The molecule has 0 amide bonds. The number of aryl methyl sites for hydroxylation is 1. The molecule has 1 aliphatic carbocycles. The molecule has 25 heavy (non-hydrogen) atoms. The van der Waals surface area contributed by atoms with Crippen molar-refractivity contribution in [2.24, 2.45) is 4.99 Å². The average Bonchev–Trinajstić information content (AvgIpc) is 3.37. The van der Waals surface area contributed by atoms with Gasteiger partial charge in [0.15, 0.2) is 5.96 Å². The lowest BCUT2D eigenvalue weighted by Crippen LogP contribution is -2.48. The van der Waals surface area contributed by atoms with Crippen molar-refractivity contribution in [3.05, 3.63) is 29.8 Å². The average molecular weight is 344 g/mol. The molecule has 5 nitrogen and oxygen atoms in total. The molecule has 1 saturated heterocycles. The summed E-state index contributed by atoms with van der Waals surface area (Å²) in [6, 6.07) is 10.6. The van der Waals surface area contributed by atoms with Crippen molar-refractivity contribution in [2.45, 2.75) is 51.2 Å². The maximum absolute atomic E-state index is 4.41. The largest absolute Gasteiger partial charge is 0.369 e. The summed E-state index contributed by atoms with van der Waals surface area (Å²) in [5.41, 5.74) is 2.63. The molecule has 2 atom stereocenters. The molecule has 1 aromatic rings. The predicted molar refractivity (Wildman–Crippen MR) is 107 cm³/mol. The second-order valence-electron chi connectivity index (χ2n) is 7.61. The summed E-state index contributed by atoms with van der Waals surface area (Å²) >= 11 is 0. The molecule has 1 saturated carbocycles. The van der Waals surface area contributed by atoms with Crippen LogP contribution in [0.2, 0.25) is 0 Å². The van der Waals surface area contributed by atoms with Gasteiger partial charge in [-0.1, -0.05) is 17.7 Å². The number of benzene rings is 1. The van der Waals surface area contributed by atoms with Crippen LogP contribution < -0.4 is 15.5 Å². The first-order valence-corrected chi connectivity index (χ1v) is 9.57. The molecule has 0 spiro atoms. The minimum absolute atomic E-state index is 0.448. The standard InChI is InChI=1S/C20H33N5/c1-15-5-7-19(8-6-15)25-12-11-17(14-25)23-20(21-3)22-13-16(2)24(4)18-9-10-18/h5-8,16-18H,9-14H2,1-4H3,(H2,21,22,23). The van der Waals surface area contributed by atoms with E-state index in [0.29, 0.717) is 12.1 Å². The fraction of sp³-hybridized carbons (Fsp3) is 0.650. The first-order valence-electron chi connectivity index (χ1n) is 9.57. The van der Waals surface area contributed by atoms with Gasteiger partial charge in [0.25, 0.3) is 0 Å². The number of anilines is 1. The van der Waals surface area contributed by atoms with E-state index >= 15 is 0 Å². The first kappa shape index (κ1) is 18.1. The third kappa shape index (κ3) is 4.88. The van der Waals surface area contributed by atoms with Gasteiger partial charge < -0.3 is 15.5 Å². The molecule has 2 N–H and O–H groups in total. The molecule has 3 rings (SSSR count). The summed E-state index contributed by atoms with van der Waals surface area (Å²) in [6.07, 6.45) is 3.85. The molecule has 0 bridgehead atoms. The van der Waals surface area contributed by atoms with Crippen LogP contribution in [0.3, 0.4) is 0 Å². The summed E-state index contributed by atoms with van der Waals surface area (Å²) in [5.74, 6) is 0.923. The fourth-order valence-corrected chi connectivity index (χ4v) is 3.49. The molecular formula is C20H33N5. The van der Waals surface area contributed by atoms with Gasteiger partial charge in [0.2, 0.25) is 0 Å². The Balaban J connectivity index is 1.45. The van der Waals surface area contributed by atoms with Crippen LogP contribution in [0, 0.1) is 6.92 Å². The fourth-order valence-electron chi connectivity index (χ4n) is 3.49. The second kappa shape index (κ2) is 8.09. The molecule has 0 aromatic heterocycles. The number of nitrogens with zero attached hydrogens (tertiary/aromatic N) is 3. The van der Waals surface area contributed by atoms with E-state index < -0.39 is 0 Å². The van der Waals surface area contributed by atoms with Crippen molar-refractivity contribution in [3.63, 3.8) is 0 Å². The summed E-state index contributed by atoms with van der Waals surface area (Å²) < 4.78 is 0. The lowest BCUT2D eigenvalue weighted by Gasteiger charge is -2.26. The predicted octanol–water partition coefficient (Wildman–Crippen LogP) is 2.22. The Morgan fingerprint density at radius 1 is 1.28 bits per heavy atom. The van der Waals surface area contributed by atoms with Gasteiger partial charge in [0.1, 0.15) is 0 Å². The van der Waals surface area contributed by atoms with Crippen molar-refractivity contribution >= 4 is 11.6 Å². The van der Waals surface area contributed by atoms with E-state index in [0.717, 1.165) is 38.1 Å². The van der Waals surface area contributed by atoms with Crippen molar-refractivity contribution < 1.29 is 0 Å². The Kier molecular flexibility index (Phi) is 5.84. The first-order chi connectivity index (χ1) is 12.1. The van der Waals surface area contributed by atoms with Crippen molar-refractivity contribution in [3.8, 4) is 0 Å². The molecule has 5 heteroatoms. The molecule has 1 heterocycles. The highest BCUT2D eigenvalue weighted by Crippen LogP contribution is 2.26. The number of guanidine groups is 1. The Morgan fingerprint density at radius 3 is 2.64 bits per heavy atom. The minimum Gasteiger partial charge on any atom is -0.369 e. The molecule has 1 aromatic carbocycles. The smallest absolute Gasteiger partial charge is 0.191 e. The maximum atomic E-state index is 4.41. The number of hydrogen-bond acceptors (Lipinski definition) is 3. The van der Waals surface area contributed by atoms with Gasteiger partial charge >= 0.3 is 0 Å². The highest BCUT2D eigenvalue weighted by atomic mass is 15.3. The molecule has 138 valence electrons. The van der Waals surface area contributed by atoms with Gasteiger partial charge in [-0.3, -0.25) is 9.89 Å². The number of hydrogen-bond donors (Lipinski definition) is 2. The Hall–Kier alpha value is -1.75. The summed E-state index contributed by atoms with van der Waals surface area (Å²) in [7, 11) is 4.09. The van der Waals surface area contributed by atoms with E-state index in [1.165, 1.54) is 24.1 Å². The molecule has 2 fully saturated rings. The van der Waals surface area contributed by atoms with Crippen LogP contribution in [0.15, 0.2) is 29.3 Å². The third-order valence-electron chi connectivity index (χ3n) is 5.53. The van der Waals surface area contributed by atoms with Gasteiger partial charge in [0.05, 0.1) is 0 Å². The number of rotatable bonds is 6. The SMILES string of the molecule is CN=C(NCC(C)N(C)C1CC1)NC1CCN(c2ccc(C)cc2)C1. The zero-order valence-electron chi connectivity index (χ0n) is 16.1. The van der Waals surface area contributed by atoms with Crippen molar-refractivity contribution in [1.29, 1.82) is 0 Å². The van der Waals surface area contributed by atoms with Crippen LogP contribution in [-0.4, -0.2) is 62.7 Å². The Bertz CT molecular complexity index is 578. The highest BCUT2D eigenvalue weighted by molar-refractivity contribution is 5.80. The topological polar surface area (TPSA) is 42.9 Å². The Morgan fingerprint density at radius 2 is 2.00 bits per heavy atom. The van der Waals surface area contributed by atoms with E-state index in [1.807, 2.05) is 7.05 Å². The van der Waals surface area contributed by atoms with Crippen LogP contribution >= 0.6 is 0 Å². The lowest BCUT2D eigenvalue weighted by atomic mass is 10.2. The summed E-state index contributed by atoms with van der Waals surface area (Å²) in [6.45, 7) is 7.48. The Labute approximate surface area is 152 Å². The normalized spacial score (nSPS) is 22.4. The molecular weight excluding hydrogens is 310 g/mol. The van der Waals surface area contributed by atoms with E-state index in [4.69, 9.17) is 0 Å². The summed E-state index contributed by atoms with van der Waals surface area (Å²) in [5, 5.41) is 7.09. The highest BCUT2D eigenvalue weighted by Gasteiger charge is 2.29. The van der Waals surface area contributed by atoms with Gasteiger partial charge in [-0.25, -0.2) is 0 Å². The van der Waals surface area contributed by atoms with Crippen LogP contribution in [0.4, 0.5) is 5.69 Å². The molecule has 2 unspecified atom stereocenters. The number of nitrogens with one attached hydrogen (secondary N) is 2.